The second kappa shape index (κ2) is 11.0. The molecular formula is C24H35N5O4. The van der Waals surface area contributed by atoms with Gasteiger partial charge in [-0.05, 0) is 39.8 Å². The number of ether oxygens (including phenoxy) is 1. The molecule has 0 spiro atoms. The molecular weight excluding hydrogens is 422 g/mol. The Morgan fingerprint density at radius 3 is 2.33 bits per heavy atom. The van der Waals surface area contributed by atoms with Gasteiger partial charge in [0.25, 0.3) is 0 Å². The number of esters is 1. The number of nitrogens with zero attached hydrogens (tertiary/aromatic N) is 3. The quantitative estimate of drug-likeness (QED) is 0.591. The van der Waals surface area contributed by atoms with E-state index < -0.39 is 12.0 Å². The largest absolute Gasteiger partial charge is 0.465 e. The lowest BCUT2D eigenvalue weighted by molar-refractivity contribution is -0.141. The molecule has 1 heterocycles. The molecule has 0 saturated carbocycles. The Balaban J connectivity index is 2.20. The summed E-state index contributed by atoms with van der Waals surface area (Å²) in [5.41, 5.74) is 2.55. The second-order valence-corrected chi connectivity index (χ2v) is 9.15. The van der Waals surface area contributed by atoms with E-state index in [0.29, 0.717) is 5.82 Å². The van der Waals surface area contributed by atoms with Crippen molar-refractivity contribution in [3.63, 3.8) is 0 Å². The van der Waals surface area contributed by atoms with E-state index in [0.717, 1.165) is 16.9 Å². The highest BCUT2D eigenvalue weighted by Gasteiger charge is 2.24. The molecule has 0 aliphatic rings. The van der Waals surface area contributed by atoms with E-state index in [1.807, 2.05) is 37.3 Å². The van der Waals surface area contributed by atoms with Crippen molar-refractivity contribution in [3.8, 4) is 5.69 Å². The van der Waals surface area contributed by atoms with Crippen molar-refractivity contribution in [1.82, 2.24) is 20.0 Å². The van der Waals surface area contributed by atoms with Gasteiger partial charge in [0.1, 0.15) is 18.9 Å². The summed E-state index contributed by atoms with van der Waals surface area (Å²) in [6, 6.07) is 8.90. The number of carbonyl (C=O) groups is 3. The molecule has 9 nitrogen and oxygen atoms in total. The van der Waals surface area contributed by atoms with Crippen molar-refractivity contribution >= 4 is 23.7 Å². The topological polar surface area (TPSA) is 106 Å². The van der Waals surface area contributed by atoms with Crippen molar-refractivity contribution < 1.29 is 19.1 Å². The van der Waals surface area contributed by atoms with E-state index in [2.05, 4.69) is 31.4 Å². The Morgan fingerprint density at radius 1 is 1.15 bits per heavy atom. The van der Waals surface area contributed by atoms with Gasteiger partial charge in [-0.2, -0.15) is 5.10 Å². The zero-order valence-corrected chi connectivity index (χ0v) is 20.6. The van der Waals surface area contributed by atoms with Crippen molar-refractivity contribution in [2.45, 2.75) is 59.9 Å². The van der Waals surface area contributed by atoms with Crippen LogP contribution in [0, 0.1) is 6.92 Å². The highest BCUT2D eigenvalue weighted by Crippen LogP contribution is 2.26. The van der Waals surface area contributed by atoms with E-state index in [1.54, 1.807) is 25.5 Å². The first-order valence-corrected chi connectivity index (χ1v) is 11.1. The number of hydrogen-bond donors (Lipinski definition) is 2. The van der Waals surface area contributed by atoms with Crippen LogP contribution in [-0.2, 0) is 19.7 Å². The number of hydrogen-bond acceptors (Lipinski definition) is 5. The van der Waals surface area contributed by atoms with Gasteiger partial charge >= 0.3 is 12.0 Å². The molecule has 33 heavy (non-hydrogen) atoms. The van der Waals surface area contributed by atoms with Crippen LogP contribution in [-0.4, -0.2) is 58.3 Å². The van der Waals surface area contributed by atoms with Crippen LogP contribution >= 0.6 is 0 Å². The molecule has 9 heteroatoms. The predicted octanol–water partition coefficient (Wildman–Crippen LogP) is 3.40. The van der Waals surface area contributed by atoms with E-state index >= 15 is 0 Å². The molecule has 0 bridgehead atoms. The molecule has 0 aliphatic heterocycles. The minimum absolute atomic E-state index is 0.184. The number of aryl methyl sites for hydroxylation is 1. The number of amides is 3. The molecule has 3 amide bonds. The van der Waals surface area contributed by atoms with Crippen LogP contribution in [0.4, 0.5) is 10.6 Å². The highest BCUT2D eigenvalue weighted by molar-refractivity contribution is 5.94. The molecule has 2 rings (SSSR count). The maximum absolute atomic E-state index is 12.9. The van der Waals surface area contributed by atoms with Gasteiger partial charge < -0.3 is 20.3 Å². The Hall–Kier alpha value is -3.36. The summed E-state index contributed by atoms with van der Waals surface area (Å²) >= 11 is 0. The maximum atomic E-state index is 12.9. The van der Waals surface area contributed by atoms with Gasteiger partial charge in [-0.15, -0.1) is 0 Å². The standard InChI is InChI=1S/C24H35N5O4/c1-8-33-22(31)14-25-23(32)28(16(2)3)15-21(30)26-20-13-19(24(5,6)7)27-29(20)18-11-9-17(4)10-12-18/h9-13,16H,8,14-15H2,1-7H3,(H,25,32)(H,26,30). The summed E-state index contributed by atoms with van der Waals surface area (Å²) in [4.78, 5) is 38.3. The molecule has 1 aromatic heterocycles. The first-order valence-electron chi connectivity index (χ1n) is 11.1. The fourth-order valence-corrected chi connectivity index (χ4v) is 3.01. The second-order valence-electron chi connectivity index (χ2n) is 9.15. The predicted molar refractivity (Wildman–Crippen MR) is 128 cm³/mol. The van der Waals surface area contributed by atoms with Crippen LogP contribution in [0.1, 0.15) is 52.8 Å². The van der Waals surface area contributed by atoms with Gasteiger partial charge in [0.15, 0.2) is 0 Å². The van der Waals surface area contributed by atoms with Gasteiger partial charge in [-0.25, -0.2) is 9.48 Å². The van der Waals surface area contributed by atoms with Gasteiger partial charge in [0.05, 0.1) is 18.0 Å². The summed E-state index contributed by atoms with van der Waals surface area (Å²) in [6.07, 6.45) is 0. The zero-order chi connectivity index (χ0) is 24.8. The van der Waals surface area contributed by atoms with E-state index in [1.165, 1.54) is 4.90 Å². The Kier molecular flexibility index (Phi) is 8.62. The molecule has 0 fully saturated rings. The molecule has 0 atom stereocenters. The molecule has 180 valence electrons. The highest BCUT2D eigenvalue weighted by atomic mass is 16.5. The van der Waals surface area contributed by atoms with Crippen molar-refractivity contribution in [1.29, 1.82) is 0 Å². The number of urea groups is 1. The van der Waals surface area contributed by atoms with Crippen LogP contribution < -0.4 is 10.6 Å². The van der Waals surface area contributed by atoms with Gasteiger partial charge in [-0.1, -0.05) is 38.5 Å². The van der Waals surface area contributed by atoms with Gasteiger partial charge in [0, 0.05) is 17.5 Å². The first-order chi connectivity index (χ1) is 15.4. The van der Waals surface area contributed by atoms with Crippen molar-refractivity contribution in [3.05, 3.63) is 41.6 Å². The fourth-order valence-electron chi connectivity index (χ4n) is 3.01. The van der Waals surface area contributed by atoms with Crippen molar-refractivity contribution in [2.24, 2.45) is 0 Å². The third-order valence-corrected chi connectivity index (χ3v) is 4.91. The monoisotopic (exact) mass is 457 g/mol. The van der Waals surface area contributed by atoms with Crippen LogP contribution in [0.15, 0.2) is 30.3 Å². The third-order valence-electron chi connectivity index (χ3n) is 4.91. The minimum atomic E-state index is -0.532. The first kappa shape index (κ1) is 25.9. The number of nitrogens with one attached hydrogen (secondary N) is 2. The third kappa shape index (κ3) is 7.34. The fraction of sp³-hybridized carbons (Fsp3) is 0.500. The Bertz CT molecular complexity index is 974. The minimum Gasteiger partial charge on any atom is -0.465 e. The zero-order valence-electron chi connectivity index (χ0n) is 20.6. The molecule has 2 N–H and O–H groups in total. The summed E-state index contributed by atoms with van der Waals surface area (Å²) in [7, 11) is 0. The summed E-state index contributed by atoms with van der Waals surface area (Å²) in [5, 5.41) is 10.1. The number of aromatic nitrogens is 2. The van der Waals surface area contributed by atoms with Crippen molar-refractivity contribution in [2.75, 3.05) is 25.0 Å². The molecule has 1 aromatic carbocycles. The average Bonchev–Trinajstić information content (AvgIpc) is 3.15. The summed E-state index contributed by atoms with van der Waals surface area (Å²) in [6.45, 7) is 13.2. The maximum Gasteiger partial charge on any atom is 0.325 e. The lowest BCUT2D eigenvalue weighted by Gasteiger charge is -2.26. The molecule has 0 unspecified atom stereocenters. The molecule has 0 aliphatic carbocycles. The smallest absolute Gasteiger partial charge is 0.325 e. The normalized spacial score (nSPS) is 11.3. The van der Waals surface area contributed by atoms with E-state index in [9.17, 15) is 14.4 Å². The lowest BCUT2D eigenvalue weighted by atomic mass is 9.92. The number of carbonyl (C=O) groups excluding carboxylic acids is 3. The lowest BCUT2D eigenvalue weighted by Crippen LogP contribution is -2.48. The molecule has 0 radical (unpaired) electrons. The summed E-state index contributed by atoms with van der Waals surface area (Å²) < 4.78 is 6.52. The van der Waals surface area contributed by atoms with Crippen LogP contribution in [0.2, 0.25) is 0 Å². The Morgan fingerprint density at radius 2 is 1.79 bits per heavy atom. The SMILES string of the molecule is CCOC(=O)CNC(=O)N(CC(=O)Nc1cc(C(C)(C)C)nn1-c1ccc(C)cc1)C(C)C. The van der Waals surface area contributed by atoms with E-state index in [4.69, 9.17) is 9.84 Å². The van der Waals surface area contributed by atoms with E-state index in [-0.39, 0.29) is 37.1 Å². The van der Waals surface area contributed by atoms with Gasteiger partial charge in [0.2, 0.25) is 5.91 Å². The van der Waals surface area contributed by atoms with Crippen LogP contribution in [0.3, 0.4) is 0 Å². The van der Waals surface area contributed by atoms with Crippen LogP contribution in [0.5, 0.6) is 0 Å². The van der Waals surface area contributed by atoms with Gasteiger partial charge in [-0.3, -0.25) is 9.59 Å². The number of rotatable bonds is 8. The Labute approximate surface area is 195 Å². The number of anilines is 1. The average molecular weight is 458 g/mol. The molecule has 0 saturated heterocycles. The summed E-state index contributed by atoms with van der Waals surface area (Å²) in [5.74, 6) is -0.385. The molecule has 2 aromatic rings. The number of benzene rings is 1. The van der Waals surface area contributed by atoms with Crippen LogP contribution in [0.25, 0.3) is 5.69 Å².